The molecule has 0 atom stereocenters. The smallest absolute Gasteiger partial charge is 0.363 e. The maximum Gasteiger partial charge on any atom is 0.363 e. The Labute approximate surface area is 197 Å². The third-order valence-electron chi connectivity index (χ3n) is 4.78. The first-order chi connectivity index (χ1) is 15.4. The van der Waals surface area contributed by atoms with Gasteiger partial charge >= 0.3 is 5.97 Å². The van der Waals surface area contributed by atoms with E-state index in [1.165, 1.54) is 12.1 Å². The van der Waals surface area contributed by atoms with Crippen molar-refractivity contribution in [1.29, 1.82) is 0 Å². The zero-order chi connectivity index (χ0) is 22.7. The third kappa shape index (κ3) is 4.86. The molecule has 1 heterocycles. The van der Waals surface area contributed by atoms with Gasteiger partial charge in [-0.25, -0.2) is 9.79 Å². The van der Waals surface area contributed by atoms with Crippen molar-refractivity contribution < 1.29 is 19.2 Å². The van der Waals surface area contributed by atoms with Crippen molar-refractivity contribution in [2.24, 2.45) is 4.99 Å². The number of hydrogen-bond donors (Lipinski definition) is 0. The molecule has 0 amide bonds. The van der Waals surface area contributed by atoms with Gasteiger partial charge in [0, 0.05) is 26.8 Å². The molecule has 0 bridgehead atoms. The van der Waals surface area contributed by atoms with Gasteiger partial charge in [0.25, 0.3) is 5.69 Å². The summed E-state index contributed by atoms with van der Waals surface area (Å²) in [4.78, 5) is 27.1. The van der Waals surface area contributed by atoms with Crippen LogP contribution in [0.4, 0.5) is 5.69 Å². The lowest BCUT2D eigenvalue weighted by atomic mass is 10.1. The molecule has 7 nitrogen and oxygen atoms in total. The van der Waals surface area contributed by atoms with Crippen molar-refractivity contribution in [2.45, 2.75) is 13.5 Å². The first-order valence-electron chi connectivity index (χ1n) is 9.65. The number of halogens is 1. The number of nitro groups is 1. The highest BCUT2D eigenvalue weighted by atomic mass is 127. The number of nitro benzene ring substituents is 1. The summed E-state index contributed by atoms with van der Waals surface area (Å²) in [5.74, 6) is 0.298. The molecular formula is C24H17IN2O5. The Morgan fingerprint density at radius 3 is 2.59 bits per heavy atom. The van der Waals surface area contributed by atoms with E-state index in [0.29, 0.717) is 11.3 Å². The van der Waals surface area contributed by atoms with E-state index in [1.54, 1.807) is 24.3 Å². The highest BCUT2D eigenvalue weighted by molar-refractivity contribution is 14.1. The average molecular weight is 540 g/mol. The molecule has 4 rings (SSSR count). The fourth-order valence-corrected chi connectivity index (χ4v) is 3.40. The second-order valence-corrected chi connectivity index (χ2v) is 8.21. The molecule has 160 valence electrons. The molecule has 0 N–H and O–H groups in total. The number of carbonyl (C=O) groups excluding carboxylic acids is 1. The number of aliphatic imine (C=N–C) groups is 1. The molecular weight excluding hydrogens is 523 g/mol. The van der Waals surface area contributed by atoms with Crippen LogP contribution in [0.1, 0.15) is 22.3 Å². The number of carbonyl (C=O) groups is 1. The molecule has 0 unspecified atom stereocenters. The van der Waals surface area contributed by atoms with Crippen LogP contribution in [0, 0.1) is 20.6 Å². The van der Waals surface area contributed by atoms with Crippen LogP contribution in [0.3, 0.4) is 0 Å². The Morgan fingerprint density at radius 2 is 1.88 bits per heavy atom. The Hall–Kier alpha value is -3.53. The molecule has 0 saturated heterocycles. The normalized spacial score (nSPS) is 14.2. The van der Waals surface area contributed by atoms with Crippen LogP contribution in [0.5, 0.6) is 5.75 Å². The summed E-state index contributed by atoms with van der Waals surface area (Å²) in [5.41, 5.74) is 3.47. The maximum atomic E-state index is 12.4. The molecule has 8 heteroatoms. The summed E-state index contributed by atoms with van der Waals surface area (Å²) in [6.07, 6.45) is 1.63. The monoisotopic (exact) mass is 540 g/mol. The third-order valence-corrected chi connectivity index (χ3v) is 5.99. The zero-order valence-corrected chi connectivity index (χ0v) is 19.1. The molecule has 0 spiro atoms. The van der Waals surface area contributed by atoms with Crippen LogP contribution in [-0.4, -0.2) is 16.8 Å². The van der Waals surface area contributed by atoms with E-state index >= 15 is 0 Å². The fourth-order valence-electron chi connectivity index (χ4n) is 3.06. The van der Waals surface area contributed by atoms with Gasteiger partial charge < -0.3 is 9.47 Å². The van der Waals surface area contributed by atoms with E-state index < -0.39 is 10.9 Å². The second kappa shape index (κ2) is 9.31. The molecule has 0 radical (unpaired) electrons. The van der Waals surface area contributed by atoms with Gasteiger partial charge in [-0.3, -0.25) is 10.1 Å². The molecule has 0 saturated carbocycles. The molecule has 32 heavy (non-hydrogen) atoms. The van der Waals surface area contributed by atoms with E-state index in [9.17, 15) is 14.9 Å². The lowest BCUT2D eigenvalue weighted by Gasteiger charge is -2.09. The van der Waals surface area contributed by atoms with Crippen molar-refractivity contribution in [3.63, 3.8) is 0 Å². The zero-order valence-electron chi connectivity index (χ0n) is 16.9. The van der Waals surface area contributed by atoms with E-state index in [4.69, 9.17) is 9.47 Å². The number of esters is 1. The van der Waals surface area contributed by atoms with Crippen molar-refractivity contribution in [3.05, 3.63) is 108 Å². The number of rotatable bonds is 6. The predicted octanol–water partition coefficient (Wildman–Crippen LogP) is 5.43. The second-order valence-electron chi connectivity index (χ2n) is 7.05. The summed E-state index contributed by atoms with van der Waals surface area (Å²) in [6, 6.07) is 19.2. The van der Waals surface area contributed by atoms with Gasteiger partial charge in [-0.1, -0.05) is 18.2 Å². The Morgan fingerprint density at radius 1 is 1.12 bits per heavy atom. The Kier molecular flexibility index (Phi) is 6.31. The van der Waals surface area contributed by atoms with Gasteiger partial charge in [0.15, 0.2) is 5.70 Å². The van der Waals surface area contributed by atoms with Gasteiger partial charge in [-0.2, -0.15) is 0 Å². The SMILES string of the molecule is Cc1cc(C2=N/C(=C\c3ccccc3OCc3ccc([N+](=O)[O-])cc3)C(=O)O2)ccc1I. The molecule has 3 aromatic carbocycles. The topological polar surface area (TPSA) is 91.0 Å². The number of ether oxygens (including phenoxy) is 2. The number of para-hydroxylation sites is 1. The standard InChI is InChI=1S/C24H17IN2O5/c1-15-12-18(8-11-20(15)25)23-26-21(24(28)32-23)13-17-4-2-3-5-22(17)31-14-16-6-9-19(10-7-16)27(29)30/h2-13H,14H2,1H3/b21-13-. The van der Waals surface area contributed by atoms with Crippen molar-refractivity contribution in [3.8, 4) is 5.75 Å². The summed E-state index contributed by atoms with van der Waals surface area (Å²) >= 11 is 2.24. The number of cyclic esters (lactones) is 1. The number of benzene rings is 3. The number of aryl methyl sites for hydroxylation is 1. The highest BCUT2D eigenvalue weighted by Gasteiger charge is 2.24. The Balaban J connectivity index is 1.55. The van der Waals surface area contributed by atoms with Crippen LogP contribution in [0.25, 0.3) is 6.08 Å². The molecule has 0 fully saturated rings. The van der Waals surface area contributed by atoms with Crippen LogP contribution in [0.15, 0.2) is 77.4 Å². The largest absolute Gasteiger partial charge is 0.488 e. The lowest BCUT2D eigenvalue weighted by molar-refractivity contribution is -0.384. The van der Waals surface area contributed by atoms with Crippen LogP contribution in [0.2, 0.25) is 0 Å². The Bertz CT molecular complexity index is 1270. The lowest BCUT2D eigenvalue weighted by Crippen LogP contribution is -2.05. The molecule has 0 aliphatic carbocycles. The molecule has 1 aliphatic rings. The van der Waals surface area contributed by atoms with E-state index in [0.717, 1.165) is 20.3 Å². The van der Waals surface area contributed by atoms with Gasteiger partial charge in [0.05, 0.1) is 4.92 Å². The van der Waals surface area contributed by atoms with E-state index in [1.807, 2.05) is 43.3 Å². The quantitative estimate of drug-likeness (QED) is 0.137. The molecule has 3 aromatic rings. The summed E-state index contributed by atoms with van der Waals surface area (Å²) < 4.78 is 12.4. The highest BCUT2D eigenvalue weighted by Crippen LogP contribution is 2.26. The predicted molar refractivity (Wildman–Crippen MR) is 128 cm³/mol. The van der Waals surface area contributed by atoms with Gasteiger partial charge in [0.1, 0.15) is 12.4 Å². The van der Waals surface area contributed by atoms with Crippen LogP contribution in [-0.2, 0) is 16.1 Å². The van der Waals surface area contributed by atoms with Crippen molar-refractivity contribution >= 4 is 46.2 Å². The fraction of sp³-hybridized carbons (Fsp3) is 0.0833. The van der Waals surface area contributed by atoms with Crippen molar-refractivity contribution in [2.75, 3.05) is 0 Å². The summed E-state index contributed by atoms with van der Waals surface area (Å²) in [5, 5.41) is 10.8. The van der Waals surface area contributed by atoms with E-state index in [-0.39, 0.29) is 23.9 Å². The average Bonchev–Trinajstić information content (AvgIpc) is 3.15. The van der Waals surface area contributed by atoms with Gasteiger partial charge in [-0.15, -0.1) is 0 Å². The first kappa shape index (κ1) is 21.7. The molecule has 0 aromatic heterocycles. The summed E-state index contributed by atoms with van der Waals surface area (Å²) in [7, 11) is 0. The maximum absolute atomic E-state index is 12.4. The minimum absolute atomic E-state index is 0.0237. The minimum Gasteiger partial charge on any atom is -0.488 e. The van der Waals surface area contributed by atoms with E-state index in [2.05, 4.69) is 27.6 Å². The van der Waals surface area contributed by atoms with Crippen molar-refractivity contribution in [1.82, 2.24) is 0 Å². The summed E-state index contributed by atoms with van der Waals surface area (Å²) in [6.45, 7) is 2.21. The number of non-ortho nitro benzene ring substituents is 1. The number of hydrogen-bond acceptors (Lipinski definition) is 6. The van der Waals surface area contributed by atoms with Crippen LogP contribution >= 0.6 is 22.6 Å². The van der Waals surface area contributed by atoms with Gasteiger partial charge in [-0.05, 0) is 83.1 Å². The van der Waals surface area contributed by atoms with Gasteiger partial charge in [0.2, 0.25) is 5.90 Å². The molecule has 1 aliphatic heterocycles. The minimum atomic E-state index is -0.527. The van der Waals surface area contributed by atoms with Crippen LogP contribution < -0.4 is 4.74 Å². The number of nitrogens with zero attached hydrogens (tertiary/aromatic N) is 2. The first-order valence-corrected chi connectivity index (χ1v) is 10.7.